The second-order valence-electron chi connectivity index (χ2n) is 5.44. The van der Waals surface area contributed by atoms with Gasteiger partial charge in [0.15, 0.2) is 0 Å². The molecule has 0 aromatic heterocycles. The number of nitrogens with two attached hydrogens (primary N) is 1. The third-order valence-corrected chi connectivity index (χ3v) is 4.40. The van der Waals surface area contributed by atoms with Crippen LogP contribution in [-0.4, -0.2) is 43.7 Å². The molecule has 1 amide bonds. The Morgan fingerprint density at radius 3 is 2.71 bits per heavy atom. The lowest BCUT2D eigenvalue weighted by molar-refractivity contribution is -0.145. The van der Waals surface area contributed by atoms with Crippen LogP contribution in [0.4, 0.5) is 0 Å². The zero-order valence-electron chi connectivity index (χ0n) is 10.8. The third-order valence-electron chi connectivity index (χ3n) is 4.40. The van der Waals surface area contributed by atoms with Crippen molar-refractivity contribution in [2.24, 2.45) is 11.1 Å². The minimum atomic E-state index is -0.254. The number of likely N-dealkylation sites (tertiary alicyclic amines) is 1. The first-order valence-electron chi connectivity index (χ1n) is 6.74. The SMILES string of the molecule is COC1CCCN(C(=O)C2(CN)CCCC2)C1. The van der Waals surface area contributed by atoms with Gasteiger partial charge in [-0.1, -0.05) is 12.8 Å². The van der Waals surface area contributed by atoms with Crippen LogP contribution in [0.5, 0.6) is 0 Å². The maximum absolute atomic E-state index is 12.6. The van der Waals surface area contributed by atoms with E-state index >= 15 is 0 Å². The van der Waals surface area contributed by atoms with Crippen LogP contribution in [0, 0.1) is 5.41 Å². The van der Waals surface area contributed by atoms with E-state index < -0.39 is 0 Å². The van der Waals surface area contributed by atoms with Gasteiger partial charge in [-0.2, -0.15) is 0 Å². The fourth-order valence-electron chi connectivity index (χ4n) is 3.21. The van der Waals surface area contributed by atoms with Crippen molar-refractivity contribution in [3.8, 4) is 0 Å². The maximum Gasteiger partial charge on any atom is 0.230 e. The molecule has 1 atom stereocenters. The Hall–Kier alpha value is -0.610. The molecule has 1 saturated heterocycles. The Morgan fingerprint density at radius 2 is 2.12 bits per heavy atom. The Labute approximate surface area is 103 Å². The van der Waals surface area contributed by atoms with Gasteiger partial charge in [0.2, 0.25) is 5.91 Å². The lowest BCUT2D eigenvalue weighted by Crippen LogP contribution is -2.51. The predicted molar refractivity (Wildman–Crippen MR) is 66.6 cm³/mol. The number of hydrogen-bond acceptors (Lipinski definition) is 3. The van der Waals surface area contributed by atoms with Crippen LogP contribution >= 0.6 is 0 Å². The van der Waals surface area contributed by atoms with Crippen LogP contribution < -0.4 is 5.73 Å². The molecule has 0 aromatic carbocycles. The fourth-order valence-corrected chi connectivity index (χ4v) is 3.21. The Morgan fingerprint density at radius 1 is 1.41 bits per heavy atom. The summed E-state index contributed by atoms with van der Waals surface area (Å²) < 4.78 is 5.38. The van der Waals surface area contributed by atoms with Crippen molar-refractivity contribution in [2.75, 3.05) is 26.7 Å². The van der Waals surface area contributed by atoms with Crippen LogP contribution in [0.2, 0.25) is 0 Å². The lowest BCUT2D eigenvalue weighted by atomic mass is 9.84. The standard InChI is InChI=1S/C13H24N2O2/c1-17-11-5-4-8-15(9-11)12(16)13(10-14)6-2-3-7-13/h11H,2-10,14H2,1H3. The number of carbonyl (C=O) groups excluding carboxylic acids is 1. The number of ether oxygens (including phenoxy) is 1. The van der Waals surface area contributed by atoms with E-state index in [1.54, 1.807) is 7.11 Å². The van der Waals surface area contributed by atoms with Crippen LogP contribution in [0.1, 0.15) is 38.5 Å². The zero-order valence-corrected chi connectivity index (χ0v) is 10.8. The molecule has 0 aromatic rings. The monoisotopic (exact) mass is 240 g/mol. The van der Waals surface area contributed by atoms with Gasteiger partial charge in [-0.15, -0.1) is 0 Å². The molecular weight excluding hydrogens is 216 g/mol. The molecular formula is C13H24N2O2. The third kappa shape index (κ3) is 2.47. The average Bonchev–Trinajstić information content (AvgIpc) is 2.88. The number of rotatable bonds is 3. The smallest absolute Gasteiger partial charge is 0.230 e. The van der Waals surface area contributed by atoms with E-state index in [2.05, 4.69) is 0 Å². The van der Waals surface area contributed by atoms with E-state index in [-0.39, 0.29) is 17.4 Å². The molecule has 4 nitrogen and oxygen atoms in total. The molecule has 2 aliphatic rings. The Bertz CT molecular complexity index is 275. The molecule has 17 heavy (non-hydrogen) atoms. The van der Waals surface area contributed by atoms with Crippen LogP contribution in [0.3, 0.4) is 0 Å². The number of piperidine rings is 1. The normalized spacial score (nSPS) is 28.4. The number of amides is 1. The van der Waals surface area contributed by atoms with E-state index in [0.29, 0.717) is 6.54 Å². The molecule has 2 rings (SSSR count). The summed E-state index contributed by atoms with van der Waals surface area (Å²) in [6.07, 6.45) is 6.55. The van der Waals surface area contributed by atoms with E-state index in [1.165, 1.54) is 0 Å². The minimum absolute atomic E-state index is 0.212. The molecule has 98 valence electrons. The average molecular weight is 240 g/mol. The number of methoxy groups -OCH3 is 1. The van der Waals surface area contributed by atoms with Gasteiger partial charge < -0.3 is 15.4 Å². The van der Waals surface area contributed by atoms with Gasteiger partial charge in [0, 0.05) is 26.7 Å². The topological polar surface area (TPSA) is 55.6 Å². The van der Waals surface area contributed by atoms with Crippen molar-refractivity contribution >= 4 is 5.91 Å². The van der Waals surface area contributed by atoms with E-state index in [9.17, 15) is 4.79 Å². The van der Waals surface area contributed by atoms with Crippen molar-refractivity contribution in [3.63, 3.8) is 0 Å². The van der Waals surface area contributed by atoms with Gasteiger partial charge in [-0.05, 0) is 25.7 Å². The molecule has 0 bridgehead atoms. The van der Waals surface area contributed by atoms with Crippen LogP contribution in [0.25, 0.3) is 0 Å². The highest BCUT2D eigenvalue weighted by atomic mass is 16.5. The van der Waals surface area contributed by atoms with Gasteiger partial charge in [0.25, 0.3) is 0 Å². The first kappa shape index (κ1) is 12.8. The summed E-state index contributed by atoms with van der Waals surface area (Å²) in [7, 11) is 1.73. The number of hydrogen-bond donors (Lipinski definition) is 1. The fraction of sp³-hybridized carbons (Fsp3) is 0.923. The molecule has 1 unspecified atom stereocenters. The van der Waals surface area contributed by atoms with E-state index in [4.69, 9.17) is 10.5 Å². The summed E-state index contributed by atoms with van der Waals surface area (Å²) in [5, 5.41) is 0. The van der Waals surface area contributed by atoms with Crippen molar-refractivity contribution in [1.82, 2.24) is 4.90 Å². The Kier molecular flexibility index (Phi) is 4.05. The summed E-state index contributed by atoms with van der Waals surface area (Å²) in [6.45, 7) is 2.12. The number of nitrogens with zero attached hydrogens (tertiary/aromatic N) is 1. The van der Waals surface area contributed by atoms with Crippen molar-refractivity contribution in [1.29, 1.82) is 0 Å². The highest BCUT2D eigenvalue weighted by Crippen LogP contribution is 2.39. The molecule has 1 aliphatic carbocycles. The van der Waals surface area contributed by atoms with Gasteiger partial charge in [0.05, 0.1) is 11.5 Å². The predicted octanol–water partition coefficient (Wildman–Crippen LogP) is 1.14. The quantitative estimate of drug-likeness (QED) is 0.805. The van der Waals surface area contributed by atoms with E-state index in [0.717, 1.165) is 51.6 Å². The molecule has 1 heterocycles. The largest absolute Gasteiger partial charge is 0.380 e. The summed E-state index contributed by atoms with van der Waals surface area (Å²) in [6, 6.07) is 0. The number of carbonyl (C=O) groups is 1. The van der Waals surface area contributed by atoms with Crippen molar-refractivity contribution in [3.05, 3.63) is 0 Å². The second-order valence-corrected chi connectivity index (χ2v) is 5.44. The summed E-state index contributed by atoms with van der Waals surface area (Å²) in [5.41, 5.74) is 5.61. The van der Waals surface area contributed by atoms with Gasteiger partial charge in [-0.25, -0.2) is 0 Å². The summed E-state index contributed by atoms with van der Waals surface area (Å²) >= 11 is 0. The first-order chi connectivity index (χ1) is 8.22. The molecule has 2 fully saturated rings. The second kappa shape index (κ2) is 5.36. The van der Waals surface area contributed by atoms with Crippen molar-refractivity contribution in [2.45, 2.75) is 44.6 Å². The molecule has 2 N–H and O–H groups in total. The van der Waals surface area contributed by atoms with Gasteiger partial charge in [-0.3, -0.25) is 4.79 Å². The molecule has 1 saturated carbocycles. The van der Waals surface area contributed by atoms with Gasteiger partial charge >= 0.3 is 0 Å². The summed E-state index contributed by atoms with van der Waals surface area (Å²) in [5.74, 6) is 0.277. The minimum Gasteiger partial charge on any atom is -0.380 e. The van der Waals surface area contributed by atoms with Crippen LogP contribution in [0.15, 0.2) is 0 Å². The lowest BCUT2D eigenvalue weighted by Gasteiger charge is -2.38. The first-order valence-corrected chi connectivity index (χ1v) is 6.74. The zero-order chi connectivity index (χ0) is 12.3. The molecule has 0 spiro atoms. The highest BCUT2D eigenvalue weighted by Gasteiger charge is 2.43. The highest BCUT2D eigenvalue weighted by molar-refractivity contribution is 5.83. The molecule has 4 heteroatoms. The summed E-state index contributed by atoms with van der Waals surface area (Å²) in [4.78, 5) is 14.6. The molecule has 0 radical (unpaired) electrons. The van der Waals surface area contributed by atoms with Crippen molar-refractivity contribution < 1.29 is 9.53 Å². The van der Waals surface area contributed by atoms with Gasteiger partial charge in [0.1, 0.15) is 0 Å². The molecule has 1 aliphatic heterocycles. The van der Waals surface area contributed by atoms with E-state index in [1.807, 2.05) is 4.90 Å². The maximum atomic E-state index is 12.6. The van der Waals surface area contributed by atoms with Crippen LogP contribution in [-0.2, 0) is 9.53 Å². The Balaban J connectivity index is 2.03.